The van der Waals surface area contributed by atoms with Gasteiger partial charge >= 0.3 is 6.18 Å². The molecule has 0 radical (unpaired) electrons. The molecule has 106 valence electrons. The molecule has 1 aromatic carbocycles. The number of nitrogens with zero attached hydrogens (tertiary/aromatic N) is 1. The van der Waals surface area contributed by atoms with Crippen LogP contribution in [0.15, 0.2) is 24.3 Å². The molecule has 0 aromatic heterocycles. The van der Waals surface area contributed by atoms with Crippen LogP contribution in [-0.4, -0.2) is 24.5 Å². The first kappa shape index (κ1) is 14.3. The number of halogens is 3. The molecule has 1 fully saturated rings. The topological polar surface area (TPSA) is 29.3 Å². The van der Waals surface area contributed by atoms with Gasteiger partial charge in [0, 0.05) is 12.6 Å². The third kappa shape index (κ3) is 3.48. The Bertz CT molecular complexity index is 394. The average Bonchev–Trinajstić information content (AvgIpc) is 2.40. The Morgan fingerprint density at radius 1 is 1.05 bits per heavy atom. The highest BCUT2D eigenvalue weighted by atomic mass is 19.4. The van der Waals surface area contributed by atoms with Crippen LogP contribution in [0, 0.1) is 0 Å². The Morgan fingerprint density at radius 3 is 2.11 bits per heavy atom. The van der Waals surface area contributed by atoms with Crippen LogP contribution >= 0.6 is 0 Å². The van der Waals surface area contributed by atoms with Gasteiger partial charge in [0.25, 0.3) is 0 Å². The molecular weight excluding hydrogens is 253 g/mol. The second-order valence-electron chi connectivity index (χ2n) is 4.97. The third-order valence-corrected chi connectivity index (χ3v) is 3.68. The molecule has 2 nitrogen and oxygen atoms in total. The highest BCUT2D eigenvalue weighted by Gasteiger charge is 2.30. The van der Waals surface area contributed by atoms with Crippen LogP contribution in [0.25, 0.3) is 0 Å². The smallest absolute Gasteiger partial charge is 0.329 e. The summed E-state index contributed by atoms with van der Waals surface area (Å²) in [5.41, 5.74) is 6.06. The van der Waals surface area contributed by atoms with Crippen LogP contribution in [0.1, 0.15) is 36.4 Å². The number of hydrogen-bond acceptors (Lipinski definition) is 2. The minimum atomic E-state index is -4.28. The molecule has 2 N–H and O–H groups in total. The van der Waals surface area contributed by atoms with E-state index < -0.39 is 11.7 Å². The van der Waals surface area contributed by atoms with E-state index in [0.29, 0.717) is 6.54 Å². The van der Waals surface area contributed by atoms with Gasteiger partial charge in [-0.3, -0.25) is 4.90 Å². The first-order valence-corrected chi connectivity index (χ1v) is 6.63. The molecule has 0 spiro atoms. The fourth-order valence-corrected chi connectivity index (χ4v) is 2.62. The summed E-state index contributed by atoms with van der Waals surface area (Å²) in [5, 5.41) is 0. The minimum absolute atomic E-state index is 0.0302. The van der Waals surface area contributed by atoms with Crippen LogP contribution in [0.5, 0.6) is 0 Å². The van der Waals surface area contributed by atoms with Gasteiger partial charge < -0.3 is 5.73 Å². The largest absolute Gasteiger partial charge is 0.416 e. The van der Waals surface area contributed by atoms with Crippen molar-refractivity contribution in [1.29, 1.82) is 0 Å². The predicted octanol–water partition coefficient (Wildman–Crippen LogP) is 3.19. The second kappa shape index (κ2) is 5.92. The summed E-state index contributed by atoms with van der Waals surface area (Å²) in [6, 6.07) is 5.41. The van der Waals surface area contributed by atoms with Crippen LogP contribution in [-0.2, 0) is 6.18 Å². The maximum Gasteiger partial charge on any atom is 0.416 e. The first-order chi connectivity index (χ1) is 9.02. The first-order valence-electron chi connectivity index (χ1n) is 6.63. The van der Waals surface area contributed by atoms with Crippen LogP contribution in [0.3, 0.4) is 0 Å². The normalized spacial score (nSPS) is 19.4. The van der Waals surface area contributed by atoms with E-state index in [0.717, 1.165) is 43.6 Å². The van der Waals surface area contributed by atoms with Gasteiger partial charge in [0.1, 0.15) is 0 Å². The molecular formula is C14H19F3N2. The summed E-state index contributed by atoms with van der Waals surface area (Å²) in [7, 11) is 0. The SMILES string of the molecule is NC[C@@H](c1ccc(C(F)(F)F)cc1)N1CCCCC1. The molecule has 0 bridgehead atoms. The number of rotatable bonds is 3. The van der Waals surface area contributed by atoms with Crippen molar-refractivity contribution < 1.29 is 13.2 Å². The fraction of sp³-hybridized carbons (Fsp3) is 0.571. The molecule has 0 amide bonds. The molecule has 0 saturated carbocycles. The number of alkyl halides is 3. The monoisotopic (exact) mass is 272 g/mol. The zero-order chi connectivity index (χ0) is 13.9. The van der Waals surface area contributed by atoms with Crippen LogP contribution in [0.4, 0.5) is 13.2 Å². The summed E-state index contributed by atoms with van der Waals surface area (Å²) >= 11 is 0. The van der Waals surface area contributed by atoms with E-state index in [2.05, 4.69) is 4.90 Å². The number of hydrogen-bond donors (Lipinski definition) is 1. The number of likely N-dealkylation sites (tertiary alicyclic amines) is 1. The molecule has 5 heteroatoms. The van der Waals surface area contributed by atoms with E-state index in [-0.39, 0.29) is 6.04 Å². The molecule has 1 aromatic rings. The van der Waals surface area contributed by atoms with Gasteiger partial charge in [0.2, 0.25) is 0 Å². The van der Waals surface area contributed by atoms with Crippen molar-refractivity contribution in [2.24, 2.45) is 5.73 Å². The van der Waals surface area contributed by atoms with Gasteiger partial charge in [-0.2, -0.15) is 13.2 Å². The summed E-state index contributed by atoms with van der Waals surface area (Å²) < 4.78 is 37.6. The zero-order valence-electron chi connectivity index (χ0n) is 10.8. The van der Waals surface area contributed by atoms with Crippen molar-refractivity contribution in [1.82, 2.24) is 4.90 Å². The summed E-state index contributed by atoms with van der Waals surface area (Å²) in [5.74, 6) is 0. The van der Waals surface area contributed by atoms with Crippen molar-refractivity contribution in [2.75, 3.05) is 19.6 Å². The van der Waals surface area contributed by atoms with E-state index in [1.165, 1.54) is 6.42 Å². The maximum atomic E-state index is 12.5. The Labute approximate surface area is 111 Å². The van der Waals surface area contributed by atoms with Gasteiger partial charge in [-0.25, -0.2) is 0 Å². The number of benzene rings is 1. The van der Waals surface area contributed by atoms with Gasteiger partial charge in [0.15, 0.2) is 0 Å². The van der Waals surface area contributed by atoms with Crippen molar-refractivity contribution in [3.63, 3.8) is 0 Å². The standard InChI is InChI=1S/C14H19F3N2/c15-14(16,17)12-6-4-11(5-7-12)13(10-18)19-8-2-1-3-9-19/h4-7,13H,1-3,8-10,18H2/t13-/m0/s1. The number of nitrogens with two attached hydrogens (primary N) is 1. The summed E-state index contributed by atoms with van der Waals surface area (Å²) in [6.07, 6.45) is -0.781. The highest BCUT2D eigenvalue weighted by Crippen LogP contribution is 2.31. The molecule has 0 aliphatic carbocycles. The van der Waals surface area contributed by atoms with E-state index in [4.69, 9.17) is 5.73 Å². The van der Waals surface area contributed by atoms with E-state index in [9.17, 15) is 13.2 Å². The van der Waals surface area contributed by atoms with Crippen LogP contribution < -0.4 is 5.73 Å². The Hall–Kier alpha value is -1.07. The Balaban J connectivity index is 2.14. The lowest BCUT2D eigenvalue weighted by atomic mass is 10.0. The maximum absolute atomic E-state index is 12.5. The second-order valence-corrected chi connectivity index (χ2v) is 4.97. The van der Waals surface area contributed by atoms with E-state index >= 15 is 0 Å². The fourth-order valence-electron chi connectivity index (χ4n) is 2.62. The predicted molar refractivity (Wildman–Crippen MR) is 68.7 cm³/mol. The van der Waals surface area contributed by atoms with Crippen molar-refractivity contribution >= 4 is 0 Å². The summed E-state index contributed by atoms with van der Waals surface area (Å²) in [6.45, 7) is 2.39. The van der Waals surface area contributed by atoms with Crippen molar-refractivity contribution in [3.8, 4) is 0 Å². The lowest BCUT2D eigenvalue weighted by Crippen LogP contribution is -2.37. The van der Waals surface area contributed by atoms with Gasteiger partial charge in [-0.05, 0) is 43.6 Å². The van der Waals surface area contributed by atoms with Gasteiger partial charge in [0.05, 0.1) is 5.56 Å². The lowest BCUT2D eigenvalue weighted by molar-refractivity contribution is -0.137. The zero-order valence-corrected chi connectivity index (χ0v) is 10.8. The molecule has 0 unspecified atom stereocenters. The van der Waals surface area contributed by atoms with E-state index in [1.54, 1.807) is 12.1 Å². The quantitative estimate of drug-likeness (QED) is 0.915. The Kier molecular flexibility index (Phi) is 4.47. The Morgan fingerprint density at radius 2 is 1.63 bits per heavy atom. The molecule has 1 aliphatic rings. The minimum Gasteiger partial charge on any atom is -0.329 e. The van der Waals surface area contributed by atoms with Gasteiger partial charge in [-0.1, -0.05) is 18.6 Å². The third-order valence-electron chi connectivity index (χ3n) is 3.68. The van der Waals surface area contributed by atoms with Crippen molar-refractivity contribution in [2.45, 2.75) is 31.5 Å². The molecule has 19 heavy (non-hydrogen) atoms. The summed E-state index contributed by atoms with van der Waals surface area (Å²) in [4.78, 5) is 2.27. The lowest BCUT2D eigenvalue weighted by Gasteiger charge is -2.34. The molecule has 2 rings (SSSR count). The van der Waals surface area contributed by atoms with Crippen LogP contribution in [0.2, 0.25) is 0 Å². The highest BCUT2D eigenvalue weighted by molar-refractivity contribution is 5.27. The molecule has 1 atom stereocenters. The number of piperidine rings is 1. The van der Waals surface area contributed by atoms with E-state index in [1.807, 2.05) is 0 Å². The van der Waals surface area contributed by atoms with Crippen molar-refractivity contribution in [3.05, 3.63) is 35.4 Å². The molecule has 1 heterocycles. The molecule has 1 aliphatic heterocycles. The molecule has 1 saturated heterocycles. The average molecular weight is 272 g/mol. The van der Waals surface area contributed by atoms with Gasteiger partial charge in [-0.15, -0.1) is 0 Å².